The number of pyridine rings is 1. The van der Waals surface area contributed by atoms with Crippen LogP contribution in [0.1, 0.15) is 11.3 Å². The van der Waals surface area contributed by atoms with E-state index in [2.05, 4.69) is 29.7 Å². The van der Waals surface area contributed by atoms with Gasteiger partial charge in [-0.1, -0.05) is 29.9 Å². The third kappa shape index (κ3) is 2.30. The normalized spacial score (nSPS) is 10.8. The third-order valence-corrected chi connectivity index (χ3v) is 3.78. The van der Waals surface area contributed by atoms with Crippen molar-refractivity contribution in [1.82, 2.24) is 24.8 Å². The monoisotopic (exact) mass is 316 g/mol. The van der Waals surface area contributed by atoms with Gasteiger partial charge < -0.3 is 9.41 Å². The van der Waals surface area contributed by atoms with Crippen molar-refractivity contribution in [2.75, 3.05) is 0 Å². The molecular weight excluding hydrogens is 304 g/mol. The highest BCUT2D eigenvalue weighted by Gasteiger charge is 2.18. The Morgan fingerprint density at radius 2 is 2.04 bits per heavy atom. The molecule has 0 fully saturated rings. The van der Waals surface area contributed by atoms with Crippen LogP contribution in [0.25, 0.3) is 27.4 Å². The van der Waals surface area contributed by atoms with Gasteiger partial charge in [-0.2, -0.15) is 0 Å². The van der Waals surface area contributed by atoms with Gasteiger partial charge in [0, 0.05) is 5.56 Å². The van der Waals surface area contributed by atoms with Crippen molar-refractivity contribution < 1.29 is 4.63 Å². The molecule has 4 rings (SSSR count). The minimum absolute atomic E-state index is 0.381. The van der Waals surface area contributed by atoms with Crippen LogP contribution in [0.4, 0.5) is 5.82 Å². The van der Waals surface area contributed by atoms with Crippen LogP contribution in [0.3, 0.4) is 0 Å². The second-order valence-corrected chi connectivity index (χ2v) is 5.34. The fraction of sp³-hybridized carbons (Fsp3) is 0.118. The molecule has 0 radical (unpaired) electrons. The molecule has 116 valence electrons. The number of benzene rings is 1. The van der Waals surface area contributed by atoms with Crippen LogP contribution in [-0.4, -0.2) is 24.8 Å². The molecule has 0 aliphatic carbocycles. The van der Waals surface area contributed by atoms with Crippen molar-refractivity contribution in [3.8, 4) is 11.5 Å². The Balaban J connectivity index is 1.86. The summed E-state index contributed by atoms with van der Waals surface area (Å²) >= 11 is 0. The van der Waals surface area contributed by atoms with Crippen molar-refractivity contribution in [2.24, 2.45) is 0 Å². The summed E-state index contributed by atoms with van der Waals surface area (Å²) in [5.74, 6) is 1.08. The largest absolute Gasteiger partial charge is 0.361 e. The fourth-order valence-corrected chi connectivity index (χ4v) is 2.61. The molecule has 0 saturated heterocycles. The van der Waals surface area contributed by atoms with E-state index in [1.165, 1.54) is 0 Å². The van der Waals surface area contributed by atoms with E-state index in [1.54, 1.807) is 12.3 Å². The quantitative estimate of drug-likeness (QED) is 0.542. The fourth-order valence-electron chi connectivity index (χ4n) is 2.61. The Morgan fingerprint density at radius 1 is 1.17 bits per heavy atom. The van der Waals surface area contributed by atoms with Gasteiger partial charge in [-0.3, -0.25) is 0 Å². The lowest BCUT2D eigenvalue weighted by Gasteiger charge is -2.07. The number of aryl methyl sites for hydroxylation is 1. The van der Waals surface area contributed by atoms with Gasteiger partial charge in [0.05, 0.1) is 17.6 Å². The molecule has 0 bridgehead atoms. The molecule has 4 aromatic rings. The number of hydrogen-bond donors (Lipinski definition) is 0. The Labute approximate surface area is 137 Å². The first kappa shape index (κ1) is 14.1. The molecule has 3 aromatic heterocycles. The number of fused-ring (bicyclic) bond motifs is 1. The molecule has 0 N–H and O–H groups in total. The number of imidazole rings is 1. The highest BCUT2D eigenvalue weighted by molar-refractivity contribution is 5.80. The van der Waals surface area contributed by atoms with Gasteiger partial charge in [-0.15, -0.1) is 4.98 Å². The zero-order valence-corrected chi connectivity index (χ0v) is 12.8. The van der Waals surface area contributed by atoms with Crippen LogP contribution < -0.4 is 0 Å². The predicted molar refractivity (Wildman–Crippen MR) is 87.4 cm³/mol. The van der Waals surface area contributed by atoms with E-state index in [4.69, 9.17) is 11.2 Å². The summed E-state index contributed by atoms with van der Waals surface area (Å²) < 4.78 is 6.88. The van der Waals surface area contributed by atoms with Crippen molar-refractivity contribution in [1.29, 1.82) is 0 Å². The van der Waals surface area contributed by atoms with E-state index >= 15 is 0 Å². The maximum atomic E-state index is 6.99. The van der Waals surface area contributed by atoms with Crippen molar-refractivity contribution in [3.05, 3.63) is 65.3 Å². The van der Waals surface area contributed by atoms with Gasteiger partial charge in [-0.25, -0.2) is 9.61 Å². The Bertz CT molecular complexity index is 1050. The van der Waals surface area contributed by atoms with Gasteiger partial charge in [0.1, 0.15) is 11.9 Å². The summed E-state index contributed by atoms with van der Waals surface area (Å²) in [6.07, 6.45) is 1.71. The van der Waals surface area contributed by atoms with Crippen LogP contribution in [0.2, 0.25) is 0 Å². The van der Waals surface area contributed by atoms with Gasteiger partial charge in [-0.05, 0) is 30.3 Å². The van der Waals surface area contributed by atoms with Crippen LogP contribution in [0.15, 0.2) is 47.2 Å². The van der Waals surface area contributed by atoms with Crippen molar-refractivity contribution in [3.63, 3.8) is 0 Å². The van der Waals surface area contributed by atoms with Crippen LogP contribution >= 0.6 is 0 Å². The maximum Gasteiger partial charge on any atom is 0.269 e. The van der Waals surface area contributed by atoms with Gasteiger partial charge in [0.2, 0.25) is 0 Å². The molecule has 7 heteroatoms. The van der Waals surface area contributed by atoms with Crippen LogP contribution in [0, 0.1) is 13.5 Å². The zero-order valence-electron chi connectivity index (χ0n) is 12.8. The van der Waals surface area contributed by atoms with E-state index in [-0.39, 0.29) is 0 Å². The van der Waals surface area contributed by atoms with E-state index in [1.807, 2.05) is 37.3 Å². The molecule has 0 atom stereocenters. The Morgan fingerprint density at radius 3 is 2.75 bits per heavy atom. The molecule has 7 nitrogen and oxygen atoms in total. The second kappa shape index (κ2) is 5.59. The average molecular weight is 316 g/mol. The molecule has 1 aromatic carbocycles. The molecule has 0 amide bonds. The minimum atomic E-state index is 0.381. The molecule has 3 heterocycles. The number of hydrogen-bond acceptors (Lipinski definition) is 5. The summed E-state index contributed by atoms with van der Waals surface area (Å²) in [4.78, 5) is 12.1. The SMILES string of the molecule is [C-]#[N+]c1ccc(Cn2c(-c3nonc3C)nc3ccccc32)cn1. The number of para-hydroxylation sites is 2. The Hall–Kier alpha value is -3.53. The third-order valence-electron chi connectivity index (χ3n) is 3.78. The molecule has 0 aliphatic heterocycles. The molecule has 24 heavy (non-hydrogen) atoms. The average Bonchev–Trinajstić information content (AvgIpc) is 3.19. The van der Waals surface area contributed by atoms with Crippen LogP contribution in [-0.2, 0) is 6.54 Å². The lowest BCUT2D eigenvalue weighted by atomic mass is 10.2. The Kier molecular flexibility index (Phi) is 3.28. The second-order valence-electron chi connectivity index (χ2n) is 5.34. The topological polar surface area (TPSA) is 74.0 Å². The summed E-state index contributed by atoms with van der Waals surface area (Å²) in [6.45, 7) is 9.39. The number of aromatic nitrogens is 5. The predicted octanol–water partition coefficient (Wildman–Crippen LogP) is 3.39. The maximum absolute atomic E-state index is 6.99. The highest BCUT2D eigenvalue weighted by atomic mass is 16.6. The van der Waals surface area contributed by atoms with E-state index < -0.39 is 0 Å². The van der Waals surface area contributed by atoms with Gasteiger partial charge >= 0.3 is 0 Å². The summed E-state index contributed by atoms with van der Waals surface area (Å²) in [6, 6.07) is 11.5. The number of nitrogens with zero attached hydrogens (tertiary/aromatic N) is 6. The standard InChI is InChI=1S/C17H12N6O/c1-11-16(22-24-21-11)17-20-13-5-3-4-6-14(13)23(17)10-12-7-8-15(18-2)19-9-12/h3-9H,10H2,1H3. The summed E-state index contributed by atoms with van der Waals surface area (Å²) in [5, 5.41) is 7.84. The van der Waals surface area contributed by atoms with Gasteiger partial charge in [0.15, 0.2) is 11.5 Å². The summed E-state index contributed by atoms with van der Waals surface area (Å²) in [5.41, 5.74) is 4.15. The summed E-state index contributed by atoms with van der Waals surface area (Å²) in [7, 11) is 0. The molecule has 0 aliphatic rings. The zero-order chi connectivity index (χ0) is 16.5. The molecule has 0 unspecified atom stereocenters. The van der Waals surface area contributed by atoms with Crippen LogP contribution in [0.5, 0.6) is 0 Å². The van der Waals surface area contributed by atoms with Crippen molar-refractivity contribution in [2.45, 2.75) is 13.5 Å². The molecular formula is C17H12N6O. The molecule has 0 spiro atoms. The first-order chi connectivity index (χ1) is 11.8. The molecule has 0 saturated carbocycles. The minimum Gasteiger partial charge on any atom is -0.361 e. The lowest BCUT2D eigenvalue weighted by molar-refractivity contribution is 0.305. The number of rotatable bonds is 3. The van der Waals surface area contributed by atoms with E-state index in [0.29, 0.717) is 29.6 Å². The first-order valence-corrected chi connectivity index (χ1v) is 7.33. The smallest absolute Gasteiger partial charge is 0.269 e. The van der Waals surface area contributed by atoms with E-state index in [9.17, 15) is 0 Å². The van der Waals surface area contributed by atoms with Gasteiger partial charge in [0.25, 0.3) is 5.82 Å². The lowest BCUT2D eigenvalue weighted by Crippen LogP contribution is -2.03. The highest BCUT2D eigenvalue weighted by Crippen LogP contribution is 2.26. The first-order valence-electron chi connectivity index (χ1n) is 7.33. The van der Waals surface area contributed by atoms with E-state index in [0.717, 1.165) is 16.6 Å². The van der Waals surface area contributed by atoms with Crippen molar-refractivity contribution >= 4 is 16.9 Å².